The first-order valence-corrected chi connectivity index (χ1v) is 7.61. The maximum Gasteiger partial charge on any atom is 0.306 e. The smallest absolute Gasteiger partial charge is 0.306 e. The monoisotopic (exact) mass is 307 g/mol. The molecule has 1 saturated carbocycles. The van der Waals surface area contributed by atoms with Gasteiger partial charge in [0.2, 0.25) is 0 Å². The predicted molar refractivity (Wildman–Crippen MR) is 79.8 cm³/mol. The fraction of sp³-hybridized carbons (Fsp3) is 0.600. The third-order valence-electron chi connectivity index (χ3n) is 4.20. The van der Waals surface area contributed by atoms with Gasteiger partial charge in [0.05, 0.1) is 11.6 Å². The molecule has 0 saturated heterocycles. The molecule has 7 heteroatoms. The maximum atomic E-state index is 12.4. The standard InChI is InChI=1S/C15H21N3O4/c1-3-10-11(4-2)17-18-14(20)12(10)13(19)16-9-6-5-8(7-9)15(21)22/h8-9H,3-7H2,1-2H3,(H,16,19)(H,18,20)(H,21,22)/t8-,9+/m1/s1. The van der Waals surface area contributed by atoms with Gasteiger partial charge in [-0.05, 0) is 37.7 Å². The van der Waals surface area contributed by atoms with Gasteiger partial charge in [-0.25, -0.2) is 5.10 Å². The lowest BCUT2D eigenvalue weighted by molar-refractivity contribution is -0.141. The zero-order chi connectivity index (χ0) is 16.3. The lowest BCUT2D eigenvalue weighted by Gasteiger charge is -2.15. The largest absolute Gasteiger partial charge is 0.481 e. The van der Waals surface area contributed by atoms with Crippen LogP contribution in [-0.4, -0.2) is 33.2 Å². The first-order valence-electron chi connectivity index (χ1n) is 7.61. The van der Waals surface area contributed by atoms with E-state index in [9.17, 15) is 14.4 Å². The highest BCUT2D eigenvalue weighted by atomic mass is 16.4. The molecule has 22 heavy (non-hydrogen) atoms. The molecule has 1 fully saturated rings. The molecule has 3 N–H and O–H groups in total. The van der Waals surface area contributed by atoms with Gasteiger partial charge < -0.3 is 10.4 Å². The van der Waals surface area contributed by atoms with Gasteiger partial charge in [0.25, 0.3) is 11.5 Å². The Morgan fingerprint density at radius 3 is 2.59 bits per heavy atom. The lowest BCUT2D eigenvalue weighted by Crippen LogP contribution is -2.38. The topological polar surface area (TPSA) is 112 Å². The Morgan fingerprint density at radius 2 is 2.05 bits per heavy atom. The first-order chi connectivity index (χ1) is 10.5. The number of aromatic amines is 1. The molecule has 1 amide bonds. The molecule has 1 aromatic heterocycles. The predicted octanol–water partition coefficient (Wildman–Crippen LogP) is 0.878. The van der Waals surface area contributed by atoms with Crippen LogP contribution in [-0.2, 0) is 17.6 Å². The van der Waals surface area contributed by atoms with Crippen molar-refractivity contribution in [3.63, 3.8) is 0 Å². The van der Waals surface area contributed by atoms with E-state index in [-0.39, 0.29) is 11.6 Å². The number of aryl methyl sites for hydroxylation is 1. The summed E-state index contributed by atoms with van der Waals surface area (Å²) in [7, 11) is 0. The van der Waals surface area contributed by atoms with Gasteiger partial charge in [0.15, 0.2) is 0 Å². The molecule has 1 aliphatic carbocycles. The van der Waals surface area contributed by atoms with E-state index in [4.69, 9.17) is 5.11 Å². The second kappa shape index (κ2) is 6.72. The van der Waals surface area contributed by atoms with E-state index >= 15 is 0 Å². The van der Waals surface area contributed by atoms with Crippen LogP contribution in [0.25, 0.3) is 0 Å². The van der Waals surface area contributed by atoms with Gasteiger partial charge in [-0.2, -0.15) is 5.10 Å². The van der Waals surface area contributed by atoms with E-state index in [2.05, 4.69) is 15.5 Å². The van der Waals surface area contributed by atoms with Crippen molar-refractivity contribution in [2.75, 3.05) is 0 Å². The summed E-state index contributed by atoms with van der Waals surface area (Å²) >= 11 is 0. The highest BCUT2D eigenvalue weighted by molar-refractivity contribution is 5.95. The third kappa shape index (κ3) is 3.18. The minimum Gasteiger partial charge on any atom is -0.481 e. The molecule has 0 spiro atoms. The molecule has 1 heterocycles. The van der Waals surface area contributed by atoms with Crippen molar-refractivity contribution in [1.82, 2.24) is 15.5 Å². The van der Waals surface area contributed by atoms with Gasteiger partial charge in [-0.3, -0.25) is 14.4 Å². The summed E-state index contributed by atoms with van der Waals surface area (Å²) < 4.78 is 0. The fourth-order valence-corrected chi connectivity index (χ4v) is 3.03. The van der Waals surface area contributed by atoms with Crippen molar-refractivity contribution in [1.29, 1.82) is 0 Å². The summed E-state index contributed by atoms with van der Waals surface area (Å²) in [6.45, 7) is 3.79. The van der Waals surface area contributed by atoms with E-state index < -0.39 is 23.4 Å². The Morgan fingerprint density at radius 1 is 1.32 bits per heavy atom. The van der Waals surface area contributed by atoms with Gasteiger partial charge in [0.1, 0.15) is 5.56 Å². The molecule has 1 aliphatic rings. The number of carboxylic acid groups (broad SMARTS) is 1. The molecule has 2 rings (SSSR count). The summed E-state index contributed by atoms with van der Waals surface area (Å²) in [4.78, 5) is 35.4. The second-order valence-electron chi connectivity index (χ2n) is 5.58. The average molecular weight is 307 g/mol. The number of aromatic nitrogens is 2. The molecule has 0 aromatic carbocycles. The van der Waals surface area contributed by atoms with Gasteiger partial charge >= 0.3 is 5.97 Å². The van der Waals surface area contributed by atoms with E-state index in [1.807, 2.05) is 13.8 Å². The van der Waals surface area contributed by atoms with Crippen molar-refractivity contribution in [2.45, 2.75) is 52.0 Å². The Hall–Kier alpha value is -2.18. The van der Waals surface area contributed by atoms with Gasteiger partial charge in [0, 0.05) is 6.04 Å². The van der Waals surface area contributed by atoms with Crippen molar-refractivity contribution >= 4 is 11.9 Å². The Balaban J connectivity index is 2.20. The van der Waals surface area contributed by atoms with Crippen LogP contribution in [0.3, 0.4) is 0 Å². The molecular weight excluding hydrogens is 286 g/mol. The number of rotatable bonds is 5. The second-order valence-corrected chi connectivity index (χ2v) is 5.58. The number of carbonyl (C=O) groups is 2. The fourth-order valence-electron chi connectivity index (χ4n) is 3.03. The van der Waals surface area contributed by atoms with Gasteiger partial charge in [-0.1, -0.05) is 13.8 Å². The SMILES string of the molecule is CCc1n[nH]c(=O)c(C(=O)N[C@H]2CC[C@@H](C(=O)O)C2)c1CC. The maximum absolute atomic E-state index is 12.4. The van der Waals surface area contributed by atoms with Crippen LogP contribution in [0.1, 0.15) is 54.7 Å². The molecule has 1 aromatic rings. The molecule has 2 atom stereocenters. The minimum atomic E-state index is -0.832. The summed E-state index contributed by atoms with van der Waals surface area (Å²) in [6.07, 6.45) is 2.75. The highest BCUT2D eigenvalue weighted by Crippen LogP contribution is 2.26. The molecule has 120 valence electrons. The number of hydrogen-bond donors (Lipinski definition) is 3. The third-order valence-corrected chi connectivity index (χ3v) is 4.20. The molecule has 7 nitrogen and oxygen atoms in total. The molecule has 0 aliphatic heterocycles. The van der Waals surface area contributed by atoms with Crippen LogP contribution >= 0.6 is 0 Å². The van der Waals surface area contributed by atoms with Crippen molar-refractivity contribution < 1.29 is 14.7 Å². The number of amides is 1. The van der Waals surface area contributed by atoms with Crippen LogP contribution in [0.4, 0.5) is 0 Å². The van der Waals surface area contributed by atoms with Crippen LogP contribution in [0.5, 0.6) is 0 Å². The quantitative estimate of drug-likeness (QED) is 0.747. The molecule has 0 bridgehead atoms. The van der Waals surface area contributed by atoms with Crippen molar-refractivity contribution in [3.8, 4) is 0 Å². The van der Waals surface area contributed by atoms with Gasteiger partial charge in [-0.15, -0.1) is 0 Å². The summed E-state index contributed by atoms with van der Waals surface area (Å²) in [5.41, 5.74) is 0.978. The average Bonchev–Trinajstić information content (AvgIpc) is 2.95. The van der Waals surface area contributed by atoms with E-state index in [0.717, 1.165) is 0 Å². The number of aliphatic carboxylic acids is 1. The Bertz CT molecular complexity index is 638. The Kier molecular flexibility index (Phi) is 4.95. The van der Waals surface area contributed by atoms with Crippen LogP contribution in [0, 0.1) is 5.92 Å². The van der Waals surface area contributed by atoms with Crippen molar-refractivity contribution in [3.05, 3.63) is 27.2 Å². The Labute approximate surface area is 128 Å². The number of nitrogens with zero attached hydrogens (tertiary/aromatic N) is 1. The molecular formula is C15H21N3O4. The number of nitrogens with one attached hydrogen (secondary N) is 2. The van der Waals surface area contributed by atoms with Crippen LogP contribution in [0.15, 0.2) is 4.79 Å². The zero-order valence-corrected chi connectivity index (χ0v) is 12.8. The van der Waals surface area contributed by atoms with Crippen LogP contribution < -0.4 is 10.9 Å². The van der Waals surface area contributed by atoms with E-state index in [1.165, 1.54) is 0 Å². The normalized spacial score (nSPS) is 20.8. The molecule has 0 radical (unpaired) electrons. The van der Waals surface area contributed by atoms with E-state index in [0.29, 0.717) is 43.4 Å². The zero-order valence-electron chi connectivity index (χ0n) is 12.8. The van der Waals surface area contributed by atoms with E-state index in [1.54, 1.807) is 0 Å². The number of hydrogen-bond acceptors (Lipinski definition) is 4. The lowest BCUT2D eigenvalue weighted by atomic mass is 10.0. The number of carbonyl (C=O) groups excluding carboxylic acids is 1. The number of carboxylic acids is 1. The summed E-state index contributed by atoms with van der Waals surface area (Å²) in [6, 6.07) is -0.198. The van der Waals surface area contributed by atoms with Crippen molar-refractivity contribution in [2.24, 2.45) is 5.92 Å². The molecule has 0 unspecified atom stereocenters. The van der Waals surface area contributed by atoms with Crippen LogP contribution in [0.2, 0.25) is 0 Å². The number of H-pyrrole nitrogens is 1. The minimum absolute atomic E-state index is 0.105. The highest BCUT2D eigenvalue weighted by Gasteiger charge is 2.31. The summed E-state index contributed by atoms with van der Waals surface area (Å²) in [5, 5.41) is 18.1. The first kappa shape index (κ1) is 16.2. The summed E-state index contributed by atoms with van der Waals surface area (Å²) in [5.74, 6) is -1.69.